The van der Waals surface area contributed by atoms with E-state index >= 15 is 0 Å². The lowest BCUT2D eigenvalue weighted by Gasteiger charge is -2.12. The summed E-state index contributed by atoms with van der Waals surface area (Å²) in [7, 11) is 0. The maximum Gasteiger partial charge on any atom is 0.237 e. The van der Waals surface area contributed by atoms with Gasteiger partial charge < -0.3 is 16.0 Å². The van der Waals surface area contributed by atoms with Gasteiger partial charge in [-0.2, -0.15) is 0 Å². The summed E-state index contributed by atoms with van der Waals surface area (Å²) in [5.74, 6) is -0.103. The first-order chi connectivity index (χ1) is 11.6. The van der Waals surface area contributed by atoms with Crippen LogP contribution in [0.25, 0.3) is 10.9 Å². The lowest BCUT2D eigenvalue weighted by molar-refractivity contribution is -0.122. The van der Waals surface area contributed by atoms with Crippen LogP contribution in [0.2, 0.25) is 0 Å². The topological polar surface area (TPSA) is 70.9 Å². The highest BCUT2D eigenvalue weighted by Gasteiger charge is 2.15. The van der Waals surface area contributed by atoms with Crippen LogP contribution < -0.4 is 11.1 Å². The summed E-state index contributed by atoms with van der Waals surface area (Å²) in [5, 5.41) is 4.07. The van der Waals surface area contributed by atoms with Crippen LogP contribution in [0.4, 0.5) is 0 Å². The summed E-state index contributed by atoms with van der Waals surface area (Å²) in [6, 6.07) is 15.7. The number of carbonyl (C=O) groups excluding carboxylic acids is 1. The van der Waals surface area contributed by atoms with Gasteiger partial charge in [-0.1, -0.05) is 42.5 Å². The predicted molar refractivity (Wildman–Crippen MR) is 105 cm³/mol. The molecular formula is C20H24ClN3O. The highest BCUT2D eigenvalue weighted by atomic mass is 35.5. The zero-order valence-electron chi connectivity index (χ0n) is 14.3. The third-order valence-corrected chi connectivity index (χ3v) is 4.41. The average Bonchev–Trinajstić information content (AvgIpc) is 2.99. The number of halogens is 1. The van der Waals surface area contributed by atoms with Gasteiger partial charge in [-0.15, -0.1) is 12.4 Å². The maximum atomic E-state index is 12.2. The summed E-state index contributed by atoms with van der Waals surface area (Å²) in [4.78, 5) is 15.5. The van der Waals surface area contributed by atoms with Crippen LogP contribution in [0, 0.1) is 6.92 Å². The molecule has 2 aromatic carbocycles. The van der Waals surface area contributed by atoms with Crippen molar-refractivity contribution in [3.05, 3.63) is 71.4 Å². The van der Waals surface area contributed by atoms with Crippen LogP contribution in [0.15, 0.2) is 54.7 Å². The molecule has 0 unspecified atom stereocenters. The molecule has 3 rings (SSSR count). The molecule has 1 amide bonds. The van der Waals surface area contributed by atoms with Crippen LogP contribution in [0.3, 0.4) is 0 Å². The number of fused-ring (bicyclic) bond motifs is 1. The summed E-state index contributed by atoms with van der Waals surface area (Å²) in [6.07, 6.45) is 3.28. The summed E-state index contributed by atoms with van der Waals surface area (Å²) < 4.78 is 0. The van der Waals surface area contributed by atoms with Gasteiger partial charge in [0.05, 0.1) is 6.04 Å². The number of amides is 1. The number of nitrogens with one attached hydrogen (secondary N) is 2. The molecule has 1 heterocycles. The van der Waals surface area contributed by atoms with Crippen molar-refractivity contribution in [1.29, 1.82) is 0 Å². The first kappa shape index (κ1) is 19.0. The maximum absolute atomic E-state index is 12.2. The molecular weight excluding hydrogens is 334 g/mol. The normalized spacial score (nSPS) is 11.8. The van der Waals surface area contributed by atoms with E-state index in [1.165, 1.54) is 11.1 Å². The fourth-order valence-corrected chi connectivity index (χ4v) is 2.97. The van der Waals surface area contributed by atoms with Crippen LogP contribution in [-0.4, -0.2) is 23.5 Å². The zero-order chi connectivity index (χ0) is 16.9. The number of nitrogens with two attached hydrogens (primary N) is 1. The average molecular weight is 358 g/mol. The third-order valence-electron chi connectivity index (χ3n) is 4.41. The number of H-pyrrole nitrogens is 1. The Morgan fingerprint density at radius 2 is 1.84 bits per heavy atom. The molecule has 4 nitrogen and oxygen atoms in total. The quantitative estimate of drug-likeness (QED) is 0.634. The number of hydrogen-bond acceptors (Lipinski definition) is 2. The van der Waals surface area contributed by atoms with Crippen molar-refractivity contribution >= 4 is 29.2 Å². The van der Waals surface area contributed by atoms with Gasteiger partial charge in [-0.05, 0) is 42.5 Å². The second kappa shape index (κ2) is 8.70. The summed E-state index contributed by atoms with van der Waals surface area (Å²) in [6.45, 7) is 2.69. The summed E-state index contributed by atoms with van der Waals surface area (Å²) >= 11 is 0. The van der Waals surface area contributed by atoms with Crippen molar-refractivity contribution in [1.82, 2.24) is 10.3 Å². The van der Waals surface area contributed by atoms with E-state index < -0.39 is 6.04 Å². The molecule has 0 saturated heterocycles. The number of aromatic nitrogens is 1. The van der Waals surface area contributed by atoms with Crippen LogP contribution >= 0.6 is 12.4 Å². The molecule has 0 bridgehead atoms. The van der Waals surface area contributed by atoms with E-state index in [1.807, 2.05) is 42.6 Å². The fraction of sp³-hybridized carbons (Fsp3) is 0.250. The van der Waals surface area contributed by atoms with Crippen LogP contribution in [0.5, 0.6) is 0 Å². The smallest absolute Gasteiger partial charge is 0.237 e. The first-order valence-corrected chi connectivity index (χ1v) is 8.28. The lowest BCUT2D eigenvalue weighted by Crippen LogP contribution is -2.42. The second-order valence-corrected chi connectivity index (χ2v) is 6.14. The van der Waals surface area contributed by atoms with E-state index in [4.69, 9.17) is 5.73 Å². The predicted octanol–water partition coefficient (Wildman–Crippen LogP) is 3.13. The van der Waals surface area contributed by atoms with Crippen LogP contribution in [0.1, 0.15) is 16.7 Å². The number of para-hydroxylation sites is 1. The molecule has 0 aliphatic carbocycles. The molecule has 1 aromatic heterocycles. The number of hydrogen-bond donors (Lipinski definition) is 3. The molecule has 3 aromatic rings. The molecule has 0 fully saturated rings. The van der Waals surface area contributed by atoms with E-state index in [9.17, 15) is 4.79 Å². The molecule has 0 spiro atoms. The van der Waals surface area contributed by atoms with E-state index in [0.29, 0.717) is 13.0 Å². The third kappa shape index (κ3) is 4.62. The lowest BCUT2D eigenvalue weighted by atomic mass is 10.0. The van der Waals surface area contributed by atoms with Gasteiger partial charge in [0.1, 0.15) is 0 Å². The van der Waals surface area contributed by atoms with Crippen molar-refractivity contribution in [3.8, 4) is 0 Å². The minimum absolute atomic E-state index is 0. The van der Waals surface area contributed by atoms with Gasteiger partial charge >= 0.3 is 0 Å². The number of aromatic amines is 1. The Kier molecular flexibility index (Phi) is 6.62. The molecule has 0 radical (unpaired) electrons. The number of rotatable bonds is 6. The molecule has 0 aliphatic rings. The Hall–Kier alpha value is -2.30. The van der Waals surface area contributed by atoms with Gasteiger partial charge in [0.2, 0.25) is 5.91 Å². The Bertz CT molecular complexity index is 844. The molecule has 4 N–H and O–H groups in total. The van der Waals surface area contributed by atoms with Crippen molar-refractivity contribution in [2.45, 2.75) is 25.8 Å². The van der Waals surface area contributed by atoms with Gasteiger partial charge in [-0.25, -0.2) is 0 Å². The molecule has 132 valence electrons. The van der Waals surface area contributed by atoms with E-state index in [-0.39, 0.29) is 18.3 Å². The van der Waals surface area contributed by atoms with E-state index in [0.717, 1.165) is 22.9 Å². The van der Waals surface area contributed by atoms with Crippen LogP contribution in [-0.2, 0) is 17.6 Å². The zero-order valence-corrected chi connectivity index (χ0v) is 15.1. The van der Waals surface area contributed by atoms with Crippen molar-refractivity contribution in [2.75, 3.05) is 6.54 Å². The van der Waals surface area contributed by atoms with Gasteiger partial charge in [0.15, 0.2) is 0 Å². The Morgan fingerprint density at radius 3 is 2.64 bits per heavy atom. The molecule has 0 aliphatic heterocycles. The second-order valence-electron chi connectivity index (χ2n) is 6.14. The Labute approximate surface area is 154 Å². The minimum atomic E-state index is -0.541. The van der Waals surface area contributed by atoms with Gasteiger partial charge in [-0.3, -0.25) is 4.79 Å². The standard InChI is InChI=1S/C20H23N3O.ClH/c1-14-6-2-3-7-15(14)10-11-22-20(24)18(21)12-16-13-23-19-9-5-4-8-17(16)19;/h2-9,13,18,23H,10-12,21H2,1H3,(H,22,24);1H/t18-;/m0./s1. The summed E-state index contributed by atoms with van der Waals surface area (Å²) in [5.41, 5.74) is 10.7. The molecule has 25 heavy (non-hydrogen) atoms. The molecule has 0 saturated carbocycles. The SMILES string of the molecule is Cc1ccccc1CCNC(=O)[C@@H](N)Cc1c[nH]c2ccccc12.Cl. The first-order valence-electron chi connectivity index (χ1n) is 8.28. The Morgan fingerprint density at radius 1 is 1.12 bits per heavy atom. The Balaban J connectivity index is 0.00000225. The highest BCUT2D eigenvalue weighted by Crippen LogP contribution is 2.18. The highest BCUT2D eigenvalue weighted by molar-refractivity contribution is 5.86. The van der Waals surface area contributed by atoms with E-state index in [1.54, 1.807) is 0 Å². The number of carbonyl (C=O) groups is 1. The molecule has 1 atom stereocenters. The van der Waals surface area contributed by atoms with Crippen molar-refractivity contribution in [3.63, 3.8) is 0 Å². The minimum Gasteiger partial charge on any atom is -0.361 e. The number of aryl methyl sites for hydroxylation is 1. The van der Waals surface area contributed by atoms with Crippen molar-refractivity contribution in [2.24, 2.45) is 5.73 Å². The van der Waals surface area contributed by atoms with Gasteiger partial charge in [0, 0.05) is 23.6 Å². The monoisotopic (exact) mass is 357 g/mol. The van der Waals surface area contributed by atoms with Crippen molar-refractivity contribution < 1.29 is 4.79 Å². The van der Waals surface area contributed by atoms with E-state index in [2.05, 4.69) is 29.4 Å². The largest absolute Gasteiger partial charge is 0.361 e. The number of benzene rings is 2. The fourth-order valence-electron chi connectivity index (χ4n) is 2.97. The molecule has 5 heteroatoms. The van der Waals surface area contributed by atoms with Gasteiger partial charge in [0.25, 0.3) is 0 Å².